The van der Waals surface area contributed by atoms with E-state index in [1.54, 1.807) is 0 Å². The Labute approximate surface area is 112 Å². The average Bonchev–Trinajstić information content (AvgIpc) is 2.66. The third-order valence-corrected chi connectivity index (χ3v) is 3.98. The lowest BCUT2D eigenvalue weighted by Gasteiger charge is -2.37. The Morgan fingerprint density at radius 3 is 2.44 bits per heavy atom. The highest BCUT2D eigenvalue weighted by atomic mass is 16.6. The van der Waals surface area contributed by atoms with Crippen molar-refractivity contribution in [2.75, 3.05) is 13.6 Å². The van der Waals surface area contributed by atoms with Crippen molar-refractivity contribution >= 4 is 5.97 Å². The Bertz CT molecular complexity index is 295. The van der Waals surface area contributed by atoms with Gasteiger partial charge >= 0.3 is 5.97 Å². The molecule has 0 N–H and O–H groups in total. The van der Waals surface area contributed by atoms with Crippen molar-refractivity contribution < 1.29 is 9.53 Å². The van der Waals surface area contributed by atoms with Crippen LogP contribution in [0, 0.1) is 5.41 Å². The van der Waals surface area contributed by atoms with Gasteiger partial charge in [0, 0.05) is 6.04 Å². The van der Waals surface area contributed by atoms with Crippen LogP contribution < -0.4 is 0 Å². The Kier molecular flexibility index (Phi) is 4.82. The van der Waals surface area contributed by atoms with Crippen molar-refractivity contribution in [1.29, 1.82) is 0 Å². The highest BCUT2D eigenvalue weighted by molar-refractivity contribution is 5.78. The van der Waals surface area contributed by atoms with E-state index in [0.717, 1.165) is 32.2 Å². The van der Waals surface area contributed by atoms with Crippen molar-refractivity contribution in [3.8, 4) is 0 Å². The van der Waals surface area contributed by atoms with Crippen LogP contribution in [0.25, 0.3) is 0 Å². The summed E-state index contributed by atoms with van der Waals surface area (Å²) in [5.74, 6) is 0.0376. The quantitative estimate of drug-likeness (QED) is 0.674. The Morgan fingerprint density at radius 2 is 1.89 bits per heavy atom. The van der Waals surface area contributed by atoms with Gasteiger partial charge in [-0.15, -0.1) is 0 Å². The number of carbonyl (C=O) groups excluding carboxylic acids is 1. The first-order chi connectivity index (χ1) is 8.32. The van der Waals surface area contributed by atoms with E-state index >= 15 is 0 Å². The summed E-state index contributed by atoms with van der Waals surface area (Å²) < 4.78 is 5.58. The van der Waals surface area contributed by atoms with Gasteiger partial charge in [-0.05, 0) is 60.0 Å². The van der Waals surface area contributed by atoms with Crippen LogP contribution in [-0.2, 0) is 9.53 Å². The summed E-state index contributed by atoms with van der Waals surface area (Å²) in [6, 6.07) is 0.598. The molecule has 1 heterocycles. The molecule has 106 valence electrons. The van der Waals surface area contributed by atoms with Crippen molar-refractivity contribution in [2.24, 2.45) is 5.41 Å². The van der Waals surface area contributed by atoms with Gasteiger partial charge in [-0.1, -0.05) is 13.8 Å². The number of rotatable bonds is 1. The summed E-state index contributed by atoms with van der Waals surface area (Å²) in [6.07, 6.45) is 4.12. The number of fused-ring (bicyclic) bond motifs is 2. The fourth-order valence-corrected chi connectivity index (χ4v) is 2.95. The van der Waals surface area contributed by atoms with E-state index in [1.165, 1.54) is 0 Å². The fraction of sp³-hybridized carbons (Fsp3) is 0.933. The van der Waals surface area contributed by atoms with Crippen LogP contribution in [0.2, 0.25) is 0 Å². The number of piperidine rings is 1. The molecule has 0 aromatic rings. The van der Waals surface area contributed by atoms with E-state index in [-0.39, 0.29) is 17.0 Å². The smallest absolute Gasteiger partial charge is 0.312 e. The number of ether oxygens (including phenoxy) is 1. The minimum absolute atomic E-state index is 0.0376. The standard InChI is InChI=1S/C13H23NO2.C2H6/c1-12(2,3)16-11(15)13-6-5-10(9-13)14(4)8-7-13;1-2/h10H,5-9H2,1-4H3;1-2H3. The lowest BCUT2D eigenvalue weighted by molar-refractivity contribution is -0.169. The van der Waals surface area contributed by atoms with Crippen molar-refractivity contribution in [3.05, 3.63) is 0 Å². The first kappa shape index (κ1) is 15.5. The summed E-state index contributed by atoms with van der Waals surface area (Å²) in [5.41, 5.74) is -0.516. The summed E-state index contributed by atoms with van der Waals surface area (Å²) in [5, 5.41) is 0. The molecular formula is C15H29NO2. The molecule has 18 heavy (non-hydrogen) atoms. The van der Waals surface area contributed by atoms with Crippen molar-refractivity contribution in [3.63, 3.8) is 0 Å². The monoisotopic (exact) mass is 255 g/mol. The normalized spacial score (nSPS) is 31.6. The van der Waals surface area contributed by atoms with Crippen molar-refractivity contribution in [2.45, 2.75) is 71.9 Å². The molecule has 1 saturated heterocycles. The lowest BCUT2D eigenvalue weighted by atomic mass is 9.80. The Balaban J connectivity index is 0.000000771. The number of likely N-dealkylation sites (tertiary alicyclic amines) is 1. The summed E-state index contributed by atoms with van der Waals surface area (Å²) in [4.78, 5) is 14.6. The predicted molar refractivity (Wildman–Crippen MR) is 74.5 cm³/mol. The SMILES string of the molecule is CC.CN1CCC2(C(=O)OC(C)(C)C)CCC1C2. The number of hydrogen-bond acceptors (Lipinski definition) is 3. The van der Waals surface area contributed by atoms with Crippen LogP contribution in [0.3, 0.4) is 0 Å². The van der Waals surface area contributed by atoms with Crippen LogP contribution in [0.4, 0.5) is 0 Å². The zero-order valence-corrected chi connectivity index (χ0v) is 12.9. The minimum Gasteiger partial charge on any atom is -0.460 e. The number of carbonyl (C=O) groups is 1. The van der Waals surface area contributed by atoms with Gasteiger partial charge in [-0.2, -0.15) is 0 Å². The molecular weight excluding hydrogens is 226 g/mol. The van der Waals surface area contributed by atoms with E-state index in [0.29, 0.717) is 6.04 Å². The molecule has 1 saturated carbocycles. The Morgan fingerprint density at radius 1 is 1.28 bits per heavy atom. The zero-order valence-electron chi connectivity index (χ0n) is 12.9. The Hall–Kier alpha value is -0.570. The third kappa shape index (κ3) is 3.25. The van der Waals surface area contributed by atoms with Gasteiger partial charge in [0.2, 0.25) is 0 Å². The molecule has 1 aliphatic carbocycles. The van der Waals surface area contributed by atoms with Crippen LogP contribution in [0.1, 0.15) is 60.3 Å². The van der Waals surface area contributed by atoms with Gasteiger partial charge in [0.05, 0.1) is 5.41 Å². The molecule has 2 fully saturated rings. The number of hydrogen-bond donors (Lipinski definition) is 0. The molecule has 0 amide bonds. The maximum Gasteiger partial charge on any atom is 0.312 e. The second-order valence-corrected chi connectivity index (χ2v) is 6.41. The molecule has 2 aliphatic rings. The second kappa shape index (κ2) is 5.60. The van der Waals surface area contributed by atoms with E-state index in [2.05, 4.69) is 11.9 Å². The first-order valence-corrected chi connectivity index (χ1v) is 7.26. The average molecular weight is 255 g/mol. The van der Waals surface area contributed by atoms with Gasteiger partial charge in [0.25, 0.3) is 0 Å². The first-order valence-electron chi connectivity index (χ1n) is 7.26. The molecule has 2 rings (SSSR count). The highest BCUT2D eigenvalue weighted by Gasteiger charge is 2.51. The summed E-state index contributed by atoms with van der Waals surface area (Å²) >= 11 is 0. The maximum absolute atomic E-state index is 12.3. The highest BCUT2D eigenvalue weighted by Crippen LogP contribution is 2.47. The molecule has 0 radical (unpaired) electrons. The molecule has 2 bridgehead atoms. The molecule has 0 aromatic carbocycles. The molecule has 2 atom stereocenters. The van der Waals surface area contributed by atoms with Gasteiger partial charge < -0.3 is 9.64 Å². The molecule has 0 aromatic heterocycles. The molecule has 2 unspecified atom stereocenters. The van der Waals surface area contributed by atoms with Crippen LogP contribution >= 0.6 is 0 Å². The van der Waals surface area contributed by atoms with E-state index in [4.69, 9.17) is 4.74 Å². The number of esters is 1. The zero-order chi connectivity index (χ0) is 14.0. The van der Waals surface area contributed by atoms with E-state index in [1.807, 2.05) is 34.6 Å². The summed E-state index contributed by atoms with van der Waals surface area (Å²) in [6.45, 7) is 10.9. The lowest BCUT2D eigenvalue weighted by Crippen LogP contribution is -2.44. The molecule has 1 aliphatic heterocycles. The van der Waals surface area contributed by atoms with Gasteiger partial charge in [0.15, 0.2) is 0 Å². The fourth-order valence-electron chi connectivity index (χ4n) is 2.95. The van der Waals surface area contributed by atoms with Gasteiger partial charge in [-0.25, -0.2) is 0 Å². The minimum atomic E-state index is -0.354. The topological polar surface area (TPSA) is 29.5 Å². The molecule has 0 spiro atoms. The third-order valence-electron chi connectivity index (χ3n) is 3.98. The second-order valence-electron chi connectivity index (χ2n) is 6.41. The van der Waals surface area contributed by atoms with Crippen molar-refractivity contribution in [1.82, 2.24) is 4.90 Å². The molecule has 3 nitrogen and oxygen atoms in total. The van der Waals surface area contributed by atoms with Gasteiger partial charge in [-0.3, -0.25) is 4.79 Å². The summed E-state index contributed by atoms with van der Waals surface area (Å²) in [7, 11) is 2.16. The van der Waals surface area contributed by atoms with Crippen LogP contribution in [-0.4, -0.2) is 36.1 Å². The predicted octanol–water partition coefficient (Wildman–Crippen LogP) is 3.23. The largest absolute Gasteiger partial charge is 0.460 e. The van der Waals surface area contributed by atoms with Crippen LogP contribution in [0.5, 0.6) is 0 Å². The van der Waals surface area contributed by atoms with E-state index < -0.39 is 0 Å². The van der Waals surface area contributed by atoms with Gasteiger partial charge in [0.1, 0.15) is 5.60 Å². The molecule has 3 heteroatoms. The number of nitrogens with zero attached hydrogens (tertiary/aromatic N) is 1. The van der Waals surface area contributed by atoms with Crippen LogP contribution in [0.15, 0.2) is 0 Å². The maximum atomic E-state index is 12.3. The van der Waals surface area contributed by atoms with E-state index in [9.17, 15) is 4.79 Å².